The van der Waals surface area contributed by atoms with Crippen LogP contribution in [0.4, 0.5) is 0 Å². The molecule has 0 fully saturated rings. The molecule has 26 heavy (non-hydrogen) atoms. The van der Waals surface area contributed by atoms with Crippen molar-refractivity contribution in [3.63, 3.8) is 0 Å². The van der Waals surface area contributed by atoms with Crippen molar-refractivity contribution < 1.29 is 0 Å². The normalized spacial score (nSPS) is 11.3. The third-order valence-electron chi connectivity index (χ3n) is 4.52. The fourth-order valence-corrected chi connectivity index (χ4v) is 3.65. The van der Waals surface area contributed by atoms with Crippen LogP contribution in [0.3, 0.4) is 0 Å². The minimum absolute atomic E-state index is 0.968. The molecule has 3 aromatic carbocycles. The number of nitrogens with zero attached hydrogens (tertiary/aromatic N) is 3. The largest absolute Gasteiger partial charge is 0.256 e. The van der Waals surface area contributed by atoms with Crippen molar-refractivity contribution in [3.8, 4) is 16.8 Å². The summed E-state index contributed by atoms with van der Waals surface area (Å²) in [5, 5.41) is 7.00. The maximum absolute atomic E-state index is 4.75. The first-order chi connectivity index (χ1) is 12.8. The van der Waals surface area contributed by atoms with E-state index in [1.54, 1.807) is 0 Å². The monoisotopic (exact) mass is 399 g/mol. The van der Waals surface area contributed by atoms with Gasteiger partial charge >= 0.3 is 0 Å². The maximum atomic E-state index is 4.75. The lowest BCUT2D eigenvalue weighted by Crippen LogP contribution is -1.93. The molecular weight excluding hydrogens is 386 g/mol. The van der Waals surface area contributed by atoms with Crippen molar-refractivity contribution in [1.29, 1.82) is 0 Å². The summed E-state index contributed by atoms with van der Waals surface area (Å²) in [5.41, 5.74) is 5.24. The Kier molecular flexibility index (Phi) is 3.57. The van der Waals surface area contributed by atoms with Crippen molar-refractivity contribution >= 4 is 37.7 Å². The molecule has 0 radical (unpaired) electrons. The lowest BCUT2D eigenvalue weighted by Gasteiger charge is -2.04. The molecule has 5 rings (SSSR count). The smallest absolute Gasteiger partial charge is 0.0934 e. The van der Waals surface area contributed by atoms with Crippen LogP contribution < -0.4 is 0 Å². The number of pyridine rings is 1. The van der Waals surface area contributed by atoms with Crippen LogP contribution in [-0.2, 0) is 0 Å². The Balaban J connectivity index is 1.70. The summed E-state index contributed by atoms with van der Waals surface area (Å²) in [7, 11) is 0. The van der Waals surface area contributed by atoms with Crippen LogP contribution in [-0.4, -0.2) is 14.8 Å². The second-order valence-electron chi connectivity index (χ2n) is 6.21. The first-order valence-corrected chi connectivity index (χ1v) is 9.17. The van der Waals surface area contributed by atoms with Crippen LogP contribution in [0.2, 0.25) is 0 Å². The number of para-hydroxylation sites is 1. The first-order valence-electron chi connectivity index (χ1n) is 8.37. The maximum Gasteiger partial charge on any atom is 0.0934 e. The summed E-state index contributed by atoms with van der Waals surface area (Å²) in [5.74, 6) is 0. The Bertz CT molecular complexity index is 1260. The number of hydrogen-bond donors (Lipinski definition) is 0. The predicted octanol–water partition coefficient (Wildman–Crippen LogP) is 6.00. The quantitative estimate of drug-likeness (QED) is 0.364. The third-order valence-corrected chi connectivity index (χ3v) is 5.02. The molecular formula is C22H14BrN3. The molecule has 4 heteroatoms. The minimum Gasteiger partial charge on any atom is -0.256 e. The standard InChI is InChI=1S/C22H14BrN3/c23-17-6-3-7-18(12-17)26-14-20-19(8-4-10-22(20)25-26)16-11-15-5-1-2-9-21(15)24-13-16/h1-14H. The molecule has 0 saturated heterocycles. The highest BCUT2D eigenvalue weighted by molar-refractivity contribution is 9.10. The van der Waals surface area contributed by atoms with Crippen molar-refractivity contribution in [2.24, 2.45) is 0 Å². The van der Waals surface area contributed by atoms with E-state index in [2.05, 4.69) is 51.4 Å². The van der Waals surface area contributed by atoms with E-state index in [0.717, 1.165) is 43.1 Å². The number of fused-ring (bicyclic) bond motifs is 2. The molecule has 2 heterocycles. The second kappa shape index (κ2) is 6.07. The number of hydrogen-bond acceptors (Lipinski definition) is 2. The summed E-state index contributed by atoms with van der Waals surface area (Å²) < 4.78 is 2.96. The van der Waals surface area contributed by atoms with Gasteiger partial charge in [-0.2, -0.15) is 5.10 Å². The second-order valence-corrected chi connectivity index (χ2v) is 7.12. The van der Waals surface area contributed by atoms with Gasteiger partial charge in [0.05, 0.1) is 16.7 Å². The van der Waals surface area contributed by atoms with E-state index < -0.39 is 0 Å². The fraction of sp³-hybridized carbons (Fsp3) is 0. The van der Waals surface area contributed by atoms with Crippen LogP contribution in [0.25, 0.3) is 38.6 Å². The molecule has 124 valence electrons. The Morgan fingerprint density at radius 2 is 1.65 bits per heavy atom. The van der Waals surface area contributed by atoms with E-state index in [1.165, 1.54) is 0 Å². The SMILES string of the molecule is Brc1cccc(-n2cc3c(-c4cnc5ccccc5c4)cccc3n2)c1. The lowest BCUT2D eigenvalue weighted by molar-refractivity contribution is 0.895. The zero-order valence-corrected chi connectivity index (χ0v) is 15.4. The third kappa shape index (κ3) is 2.59. The summed E-state index contributed by atoms with van der Waals surface area (Å²) >= 11 is 3.53. The summed E-state index contributed by atoms with van der Waals surface area (Å²) in [6.45, 7) is 0. The van der Waals surface area contributed by atoms with Gasteiger partial charge in [0, 0.05) is 33.2 Å². The van der Waals surface area contributed by atoms with Crippen LogP contribution in [0, 0.1) is 0 Å². The van der Waals surface area contributed by atoms with Gasteiger partial charge in [-0.1, -0.05) is 52.3 Å². The molecule has 0 saturated carbocycles. The molecule has 0 aliphatic heterocycles. The predicted molar refractivity (Wildman–Crippen MR) is 110 cm³/mol. The van der Waals surface area contributed by atoms with Crippen molar-refractivity contribution in [1.82, 2.24) is 14.8 Å². The van der Waals surface area contributed by atoms with Gasteiger partial charge in [0.25, 0.3) is 0 Å². The minimum atomic E-state index is 0.968. The van der Waals surface area contributed by atoms with E-state index in [-0.39, 0.29) is 0 Å². The van der Waals surface area contributed by atoms with Gasteiger partial charge in [-0.25, -0.2) is 4.68 Å². The van der Waals surface area contributed by atoms with Gasteiger partial charge in [-0.05, 0) is 42.0 Å². The Hall–Kier alpha value is -2.98. The topological polar surface area (TPSA) is 30.7 Å². The molecule has 2 aromatic heterocycles. The number of halogens is 1. The molecule has 0 aliphatic carbocycles. The molecule has 0 amide bonds. The molecule has 3 nitrogen and oxygen atoms in total. The zero-order valence-electron chi connectivity index (χ0n) is 13.8. The van der Waals surface area contributed by atoms with Crippen LogP contribution in [0.5, 0.6) is 0 Å². The average molecular weight is 400 g/mol. The number of rotatable bonds is 2. The Morgan fingerprint density at radius 3 is 2.58 bits per heavy atom. The molecule has 0 aliphatic rings. The van der Waals surface area contributed by atoms with E-state index in [9.17, 15) is 0 Å². The molecule has 0 unspecified atom stereocenters. The zero-order chi connectivity index (χ0) is 17.5. The molecule has 0 atom stereocenters. The molecule has 0 spiro atoms. The van der Waals surface area contributed by atoms with E-state index >= 15 is 0 Å². The van der Waals surface area contributed by atoms with E-state index in [0.29, 0.717) is 0 Å². The molecule has 0 bridgehead atoms. The molecule has 5 aromatic rings. The average Bonchev–Trinajstić information content (AvgIpc) is 3.12. The first kappa shape index (κ1) is 15.3. The summed E-state index contributed by atoms with van der Waals surface area (Å²) in [6.07, 6.45) is 4.02. The number of aromatic nitrogens is 3. The van der Waals surface area contributed by atoms with Gasteiger partial charge in [-0.15, -0.1) is 0 Å². The van der Waals surface area contributed by atoms with E-state index in [4.69, 9.17) is 5.10 Å². The van der Waals surface area contributed by atoms with Crippen LogP contribution in [0.1, 0.15) is 0 Å². The van der Waals surface area contributed by atoms with Crippen molar-refractivity contribution in [2.45, 2.75) is 0 Å². The Labute approximate surface area is 159 Å². The summed E-state index contributed by atoms with van der Waals surface area (Å²) in [4.78, 5) is 4.61. The van der Waals surface area contributed by atoms with Gasteiger partial charge in [-0.3, -0.25) is 4.98 Å². The number of benzene rings is 3. The van der Waals surface area contributed by atoms with Gasteiger partial charge < -0.3 is 0 Å². The van der Waals surface area contributed by atoms with Crippen molar-refractivity contribution in [3.05, 3.63) is 89.7 Å². The lowest BCUT2D eigenvalue weighted by atomic mass is 10.0. The highest BCUT2D eigenvalue weighted by atomic mass is 79.9. The van der Waals surface area contributed by atoms with Crippen LogP contribution >= 0.6 is 15.9 Å². The molecule has 0 N–H and O–H groups in total. The van der Waals surface area contributed by atoms with Gasteiger partial charge in [0.1, 0.15) is 0 Å². The van der Waals surface area contributed by atoms with Gasteiger partial charge in [0.15, 0.2) is 0 Å². The van der Waals surface area contributed by atoms with Crippen LogP contribution in [0.15, 0.2) is 89.7 Å². The Morgan fingerprint density at radius 1 is 0.808 bits per heavy atom. The van der Waals surface area contributed by atoms with Gasteiger partial charge in [0.2, 0.25) is 0 Å². The van der Waals surface area contributed by atoms with E-state index in [1.807, 2.05) is 59.4 Å². The highest BCUT2D eigenvalue weighted by Gasteiger charge is 2.10. The highest BCUT2D eigenvalue weighted by Crippen LogP contribution is 2.30. The fourth-order valence-electron chi connectivity index (χ4n) is 3.26. The van der Waals surface area contributed by atoms with Crippen molar-refractivity contribution in [2.75, 3.05) is 0 Å². The summed E-state index contributed by atoms with van der Waals surface area (Å²) in [6, 6.07) is 24.7.